The predicted octanol–water partition coefficient (Wildman–Crippen LogP) is 2.23. The number of fused-ring (bicyclic) bond motifs is 1. The lowest BCUT2D eigenvalue weighted by Gasteiger charge is -2.12. The topological polar surface area (TPSA) is 38.0 Å². The van der Waals surface area contributed by atoms with Crippen LogP contribution in [0.5, 0.6) is 0 Å². The van der Waals surface area contributed by atoms with E-state index < -0.39 is 0 Å². The SMILES string of the molecule is CCc1nc2ccccc2n1CC(C)CO. The highest BCUT2D eigenvalue weighted by molar-refractivity contribution is 5.75. The van der Waals surface area contributed by atoms with Gasteiger partial charge in [0.1, 0.15) is 5.82 Å². The monoisotopic (exact) mass is 218 g/mol. The molecule has 1 atom stereocenters. The summed E-state index contributed by atoms with van der Waals surface area (Å²) >= 11 is 0. The Kier molecular flexibility index (Phi) is 3.25. The van der Waals surface area contributed by atoms with Gasteiger partial charge in [0, 0.05) is 19.6 Å². The van der Waals surface area contributed by atoms with Gasteiger partial charge in [0.05, 0.1) is 11.0 Å². The minimum absolute atomic E-state index is 0.218. The molecule has 1 N–H and O–H groups in total. The molecule has 0 spiro atoms. The fourth-order valence-corrected chi connectivity index (χ4v) is 1.97. The number of para-hydroxylation sites is 2. The van der Waals surface area contributed by atoms with Crippen LogP contribution < -0.4 is 0 Å². The van der Waals surface area contributed by atoms with Crippen LogP contribution in [0.1, 0.15) is 19.7 Å². The van der Waals surface area contributed by atoms with Crippen molar-refractivity contribution in [2.24, 2.45) is 5.92 Å². The van der Waals surface area contributed by atoms with E-state index in [0.29, 0.717) is 0 Å². The average Bonchev–Trinajstić information content (AvgIpc) is 2.67. The van der Waals surface area contributed by atoms with Crippen molar-refractivity contribution in [3.63, 3.8) is 0 Å². The molecule has 2 aromatic rings. The lowest BCUT2D eigenvalue weighted by atomic mass is 10.2. The van der Waals surface area contributed by atoms with Crippen LogP contribution in [0.4, 0.5) is 0 Å². The quantitative estimate of drug-likeness (QED) is 0.854. The highest BCUT2D eigenvalue weighted by atomic mass is 16.3. The van der Waals surface area contributed by atoms with Gasteiger partial charge < -0.3 is 9.67 Å². The van der Waals surface area contributed by atoms with Gasteiger partial charge in [0.25, 0.3) is 0 Å². The molecule has 1 aromatic carbocycles. The zero-order valence-electron chi connectivity index (χ0n) is 9.85. The number of aryl methyl sites for hydroxylation is 1. The number of aromatic nitrogens is 2. The summed E-state index contributed by atoms with van der Waals surface area (Å²) in [4.78, 5) is 4.60. The zero-order valence-corrected chi connectivity index (χ0v) is 9.85. The molecule has 1 unspecified atom stereocenters. The molecule has 86 valence electrons. The van der Waals surface area contributed by atoms with Crippen LogP contribution in [-0.4, -0.2) is 21.3 Å². The summed E-state index contributed by atoms with van der Waals surface area (Å²) in [6, 6.07) is 8.17. The zero-order chi connectivity index (χ0) is 11.5. The summed E-state index contributed by atoms with van der Waals surface area (Å²) in [5, 5.41) is 9.14. The molecule has 3 nitrogen and oxygen atoms in total. The number of hydrogen-bond donors (Lipinski definition) is 1. The van der Waals surface area contributed by atoms with Gasteiger partial charge in [-0.05, 0) is 18.1 Å². The lowest BCUT2D eigenvalue weighted by Crippen LogP contribution is -2.13. The maximum Gasteiger partial charge on any atom is 0.109 e. The summed E-state index contributed by atoms with van der Waals surface area (Å²) in [6.45, 7) is 5.21. The van der Waals surface area contributed by atoms with Gasteiger partial charge in [-0.1, -0.05) is 26.0 Å². The van der Waals surface area contributed by atoms with Crippen LogP contribution in [-0.2, 0) is 13.0 Å². The average molecular weight is 218 g/mol. The van der Waals surface area contributed by atoms with Crippen molar-refractivity contribution in [2.45, 2.75) is 26.8 Å². The van der Waals surface area contributed by atoms with Crippen molar-refractivity contribution < 1.29 is 5.11 Å². The second kappa shape index (κ2) is 4.66. The van der Waals surface area contributed by atoms with Crippen LogP contribution in [0.2, 0.25) is 0 Å². The molecular weight excluding hydrogens is 200 g/mol. The fourth-order valence-electron chi connectivity index (χ4n) is 1.97. The summed E-state index contributed by atoms with van der Waals surface area (Å²) in [7, 11) is 0. The molecule has 0 aliphatic carbocycles. The van der Waals surface area contributed by atoms with Crippen molar-refractivity contribution in [1.29, 1.82) is 0 Å². The van der Waals surface area contributed by atoms with E-state index in [9.17, 15) is 0 Å². The third-order valence-corrected chi connectivity index (χ3v) is 2.86. The first-order chi connectivity index (χ1) is 7.76. The smallest absolute Gasteiger partial charge is 0.109 e. The second-order valence-electron chi connectivity index (χ2n) is 4.27. The van der Waals surface area contributed by atoms with E-state index in [2.05, 4.69) is 22.5 Å². The second-order valence-corrected chi connectivity index (χ2v) is 4.27. The summed E-state index contributed by atoms with van der Waals surface area (Å²) < 4.78 is 2.22. The number of nitrogens with zero attached hydrogens (tertiary/aromatic N) is 2. The van der Waals surface area contributed by atoms with Gasteiger partial charge >= 0.3 is 0 Å². The lowest BCUT2D eigenvalue weighted by molar-refractivity contribution is 0.223. The Balaban J connectivity index is 2.47. The molecule has 3 heteroatoms. The van der Waals surface area contributed by atoms with Crippen molar-refractivity contribution >= 4 is 11.0 Å². The molecule has 1 heterocycles. The number of benzene rings is 1. The van der Waals surface area contributed by atoms with E-state index >= 15 is 0 Å². The maximum atomic E-state index is 9.14. The van der Waals surface area contributed by atoms with Crippen molar-refractivity contribution in [2.75, 3.05) is 6.61 Å². The molecule has 0 radical (unpaired) electrons. The molecule has 2 rings (SSSR count). The van der Waals surface area contributed by atoms with E-state index in [1.54, 1.807) is 0 Å². The van der Waals surface area contributed by atoms with Crippen LogP contribution >= 0.6 is 0 Å². The molecule has 0 fully saturated rings. The largest absolute Gasteiger partial charge is 0.396 e. The van der Waals surface area contributed by atoms with Gasteiger partial charge in [0.2, 0.25) is 0 Å². The molecule has 0 amide bonds. The minimum atomic E-state index is 0.218. The molecule has 0 bridgehead atoms. The number of rotatable bonds is 4. The number of aliphatic hydroxyl groups is 1. The van der Waals surface area contributed by atoms with E-state index in [0.717, 1.165) is 24.3 Å². The summed E-state index contributed by atoms with van der Waals surface area (Å²) in [5.74, 6) is 1.37. The van der Waals surface area contributed by atoms with Crippen LogP contribution in [0.3, 0.4) is 0 Å². The number of aliphatic hydroxyl groups excluding tert-OH is 1. The molecule has 1 aromatic heterocycles. The number of hydrogen-bond acceptors (Lipinski definition) is 2. The Hall–Kier alpha value is -1.35. The Labute approximate surface area is 95.7 Å². The first-order valence-corrected chi connectivity index (χ1v) is 5.81. The highest BCUT2D eigenvalue weighted by Crippen LogP contribution is 2.17. The number of imidazole rings is 1. The van der Waals surface area contributed by atoms with Gasteiger partial charge in [-0.15, -0.1) is 0 Å². The van der Waals surface area contributed by atoms with Gasteiger partial charge in [-0.25, -0.2) is 4.98 Å². The summed E-state index contributed by atoms with van der Waals surface area (Å²) in [6.07, 6.45) is 0.923. The van der Waals surface area contributed by atoms with E-state index in [-0.39, 0.29) is 12.5 Å². The molecule has 0 aliphatic heterocycles. The van der Waals surface area contributed by atoms with Gasteiger partial charge in [-0.2, -0.15) is 0 Å². The van der Waals surface area contributed by atoms with Crippen molar-refractivity contribution in [1.82, 2.24) is 9.55 Å². The molecule has 0 saturated heterocycles. The first kappa shape index (κ1) is 11.1. The fraction of sp³-hybridized carbons (Fsp3) is 0.462. The maximum absolute atomic E-state index is 9.14. The first-order valence-electron chi connectivity index (χ1n) is 5.81. The third-order valence-electron chi connectivity index (χ3n) is 2.86. The van der Waals surface area contributed by atoms with E-state index in [4.69, 9.17) is 5.11 Å². The van der Waals surface area contributed by atoms with Crippen LogP contribution in [0.25, 0.3) is 11.0 Å². The third kappa shape index (κ3) is 1.95. The molecular formula is C13H18N2O. The van der Waals surface area contributed by atoms with E-state index in [1.807, 2.05) is 25.1 Å². The van der Waals surface area contributed by atoms with Crippen LogP contribution in [0.15, 0.2) is 24.3 Å². The molecule has 16 heavy (non-hydrogen) atoms. The normalized spacial score (nSPS) is 13.2. The summed E-state index contributed by atoms with van der Waals surface area (Å²) in [5.41, 5.74) is 2.21. The van der Waals surface area contributed by atoms with Crippen molar-refractivity contribution in [3.05, 3.63) is 30.1 Å². The Morgan fingerprint density at radius 3 is 2.81 bits per heavy atom. The highest BCUT2D eigenvalue weighted by Gasteiger charge is 2.10. The Bertz CT molecular complexity index is 476. The molecule has 0 saturated carbocycles. The van der Waals surface area contributed by atoms with Gasteiger partial charge in [-0.3, -0.25) is 0 Å². The molecule has 0 aliphatic rings. The standard InChI is InChI=1S/C13H18N2O/c1-3-13-14-11-6-4-5-7-12(11)15(13)8-10(2)9-16/h4-7,10,16H,3,8-9H2,1-2H3. The Morgan fingerprint density at radius 2 is 2.12 bits per heavy atom. The predicted molar refractivity (Wildman–Crippen MR) is 65.4 cm³/mol. The van der Waals surface area contributed by atoms with Gasteiger partial charge in [0.15, 0.2) is 0 Å². The van der Waals surface area contributed by atoms with E-state index in [1.165, 1.54) is 5.52 Å². The minimum Gasteiger partial charge on any atom is -0.396 e. The van der Waals surface area contributed by atoms with Crippen LogP contribution in [0, 0.1) is 5.92 Å². The van der Waals surface area contributed by atoms with Crippen molar-refractivity contribution in [3.8, 4) is 0 Å². The Morgan fingerprint density at radius 1 is 1.38 bits per heavy atom.